The molecule has 1 aliphatic heterocycles. The smallest absolute Gasteiger partial charge is 0.0786 e. The molecule has 0 fully saturated rings. The molecule has 0 spiro atoms. The molecule has 3 rings (SSSR count). The van der Waals surface area contributed by atoms with Gasteiger partial charge in [0.05, 0.1) is 11.9 Å². The maximum atomic E-state index is 4.44. The van der Waals surface area contributed by atoms with Crippen LogP contribution in [-0.4, -0.2) is 28.8 Å². The minimum absolute atomic E-state index is 1.06. The second kappa shape index (κ2) is 3.08. The lowest BCUT2D eigenvalue weighted by Crippen LogP contribution is -2.12. The van der Waals surface area contributed by atoms with Crippen LogP contribution in [0.1, 0.15) is 5.56 Å². The average molecular weight is 200 g/mol. The lowest BCUT2D eigenvalue weighted by atomic mass is 10.1. The fourth-order valence-corrected chi connectivity index (χ4v) is 2.12. The third-order valence-electron chi connectivity index (χ3n) is 2.91. The number of hydrogen-bond donors (Lipinski definition) is 1. The van der Waals surface area contributed by atoms with Gasteiger partial charge in [-0.1, -0.05) is 0 Å². The molecule has 0 saturated carbocycles. The van der Waals surface area contributed by atoms with E-state index in [1.165, 1.54) is 11.3 Å². The lowest BCUT2D eigenvalue weighted by Gasteiger charge is -2.11. The van der Waals surface area contributed by atoms with Crippen LogP contribution in [0.25, 0.3) is 11.3 Å². The Kier molecular flexibility index (Phi) is 1.74. The number of nitrogens with one attached hydrogen (secondary N) is 1. The largest absolute Gasteiger partial charge is 0.374 e. The standard InChI is InChI=1S/C11H12N4/c1-15-5-3-9-10(15)2-4-12-11(9)8-6-13-14-7-8/h2,4,6-7H,3,5H2,1H3,(H,13,14). The molecular weight excluding hydrogens is 188 g/mol. The number of pyridine rings is 1. The number of aromatic amines is 1. The molecule has 0 amide bonds. The number of aromatic nitrogens is 3. The van der Waals surface area contributed by atoms with Crippen molar-refractivity contribution < 1.29 is 0 Å². The summed E-state index contributed by atoms with van der Waals surface area (Å²) in [6, 6.07) is 2.08. The second-order valence-electron chi connectivity index (χ2n) is 3.82. The minimum Gasteiger partial charge on any atom is -0.374 e. The Morgan fingerprint density at radius 3 is 3.20 bits per heavy atom. The number of likely N-dealkylation sites (N-methyl/N-ethyl adjacent to an activating group) is 1. The normalized spacial score (nSPS) is 14.3. The van der Waals surface area contributed by atoms with Crippen molar-refractivity contribution >= 4 is 5.69 Å². The summed E-state index contributed by atoms with van der Waals surface area (Å²) in [4.78, 5) is 6.71. The summed E-state index contributed by atoms with van der Waals surface area (Å²) < 4.78 is 0. The van der Waals surface area contributed by atoms with Crippen LogP contribution in [0.3, 0.4) is 0 Å². The zero-order valence-electron chi connectivity index (χ0n) is 8.57. The fraction of sp³-hybridized carbons (Fsp3) is 0.273. The zero-order chi connectivity index (χ0) is 10.3. The van der Waals surface area contributed by atoms with Crippen LogP contribution in [0.5, 0.6) is 0 Å². The van der Waals surface area contributed by atoms with Crippen LogP contribution >= 0.6 is 0 Å². The number of anilines is 1. The van der Waals surface area contributed by atoms with E-state index in [-0.39, 0.29) is 0 Å². The van der Waals surface area contributed by atoms with Crippen LogP contribution in [0.15, 0.2) is 24.7 Å². The molecule has 2 aromatic rings. The van der Waals surface area contributed by atoms with Gasteiger partial charge in [0.1, 0.15) is 0 Å². The van der Waals surface area contributed by atoms with E-state index >= 15 is 0 Å². The van der Waals surface area contributed by atoms with E-state index in [0.29, 0.717) is 0 Å². The first-order valence-corrected chi connectivity index (χ1v) is 5.04. The molecule has 0 saturated heterocycles. The van der Waals surface area contributed by atoms with Crippen LogP contribution < -0.4 is 4.90 Å². The van der Waals surface area contributed by atoms with E-state index < -0.39 is 0 Å². The first-order chi connectivity index (χ1) is 7.36. The summed E-state index contributed by atoms with van der Waals surface area (Å²) in [5.41, 5.74) is 4.76. The van der Waals surface area contributed by atoms with Gasteiger partial charge in [0.25, 0.3) is 0 Å². The zero-order valence-corrected chi connectivity index (χ0v) is 8.57. The van der Waals surface area contributed by atoms with E-state index in [2.05, 4.69) is 33.2 Å². The summed E-state index contributed by atoms with van der Waals surface area (Å²) in [7, 11) is 2.12. The third-order valence-corrected chi connectivity index (χ3v) is 2.91. The van der Waals surface area contributed by atoms with Crippen molar-refractivity contribution in [2.75, 3.05) is 18.5 Å². The van der Waals surface area contributed by atoms with Crippen molar-refractivity contribution in [3.8, 4) is 11.3 Å². The maximum Gasteiger partial charge on any atom is 0.0786 e. The molecule has 2 aromatic heterocycles. The molecular formula is C11H12N4. The van der Waals surface area contributed by atoms with Gasteiger partial charge in [0.15, 0.2) is 0 Å². The van der Waals surface area contributed by atoms with Crippen molar-refractivity contribution in [2.45, 2.75) is 6.42 Å². The highest BCUT2D eigenvalue weighted by Gasteiger charge is 2.20. The van der Waals surface area contributed by atoms with Crippen LogP contribution in [0, 0.1) is 0 Å². The van der Waals surface area contributed by atoms with Gasteiger partial charge < -0.3 is 4.90 Å². The maximum absolute atomic E-state index is 4.44. The number of fused-ring (bicyclic) bond motifs is 1. The van der Waals surface area contributed by atoms with Crippen molar-refractivity contribution in [3.05, 3.63) is 30.2 Å². The van der Waals surface area contributed by atoms with Gasteiger partial charge in [-0.15, -0.1) is 0 Å². The van der Waals surface area contributed by atoms with Gasteiger partial charge in [0.2, 0.25) is 0 Å². The summed E-state index contributed by atoms with van der Waals surface area (Å²) in [5.74, 6) is 0. The lowest BCUT2D eigenvalue weighted by molar-refractivity contribution is 0.956. The first kappa shape index (κ1) is 8.47. The summed E-state index contributed by atoms with van der Waals surface area (Å²) in [5, 5.41) is 6.79. The molecule has 15 heavy (non-hydrogen) atoms. The van der Waals surface area contributed by atoms with Gasteiger partial charge in [-0.05, 0) is 12.5 Å². The molecule has 0 radical (unpaired) electrons. The van der Waals surface area contributed by atoms with Crippen molar-refractivity contribution in [3.63, 3.8) is 0 Å². The second-order valence-corrected chi connectivity index (χ2v) is 3.82. The predicted molar refractivity (Wildman–Crippen MR) is 58.8 cm³/mol. The van der Waals surface area contributed by atoms with Crippen molar-refractivity contribution in [2.24, 2.45) is 0 Å². The van der Waals surface area contributed by atoms with Gasteiger partial charge in [-0.25, -0.2) is 0 Å². The Hall–Kier alpha value is -1.84. The first-order valence-electron chi connectivity index (χ1n) is 5.04. The SMILES string of the molecule is CN1CCc2c1ccnc2-c1cn[nH]c1. The Morgan fingerprint density at radius 1 is 1.47 bits per heavy atom. The highest BCUT2D eigenvalue weighted by atomic mass is 15.1. The van der Waals surface area contributed by atoms with E-state index in [4.69, 9.17) is 0 Å². The monoisotopic (exact) mass is 200 g/mol. The molecule has 0 atom stereocenters. The Bertz CT molecular complexity index is 475. The fourth-order valence-electron chi connectivity index (χ4n) is 2.12. The molecule has 1 N–H and O–H groups in total. The molecule has 0 unspecified atom stereocenters. The minimum atomic E-state index is 1.06. The predicted octanol–water partition coefficient (Wildman–Crippen LogP) is 1.46. The van der Waals surface area contributed by atoms with E-state index in [9.17, 15) is 0 Å². The number of rotatable bonds is 1. The molecule has 3 heterocycles. The molecule has 0 aliphatic carbocycles. The summed E-state index contributed by atoms with van der Waals surface area (Å²) in [6.45, 7) is 1.08. The molecule has 76 valence electrons. The van der Waals surface area contributed by atoms with Gasteiger partial charge >= 0.3 is 0 Å². The van der Waals surface area contributed by atoms with Gasteiger partial charge in [-0.2, -0.15) is 5.10 Å². The average Bonchev–Trinajstić information content (AvgIpc) is 2.88. The van der Waals surface area contributed by atoms with Crippen LogP contribution in [-0.2, 0) is 6.42 Å². The van der Waals surface area contributed by atoms with Gasteiger partial charge in [-0.3, -0.25) is 10.1 Å². The number of H-pyrrole nitrogens is 1. The molecule has 0 bridgehead atoms. The molecule has 1 aliphatic rings. The number of hydrogen-bond acceptors (Lipinski definition) is 3. The van der Waals surface area contributed by atoms with E-state index in [1.54, 1.807) is 0 Å². The van der Waals surface area contributed by atoms with Crippen LogP contribution in [0.2, 0.25) is 0 Å². The highest BCUT2D eigenvalue weighted by Crippen LogP contribution is 2.32. The van der Waals surface area contributed by atoms with Crippen molar-refractivity contribution in [1.82, 2.24) is 15.2 Å². The van der Waals surface area contributed by atoms with Crippen molar-refractivity contribution in [1.29, 1.82) is 0 Å². The number of nitrogens with zero attached hydrogens (tertiary/aromatic N) is 3. The van der Waals surface area contributed by atoms with E-state index in [0.717, 1.165) is 24.2 Å². The quantitative estimate of drug-likeness (QED) is 0.758. The topological polar surface area (TPSA) is 44.8 Å². The van der Waals surface area contributed by atoms with E-state index in [1.807, 2.05) is 18.6 Å². The Morgan fingerprint density at radius 2 is 2.40 bits per heavy atom. The molecule has 4 heteroatoms. The highest BCUT2D eigenvalue weighted by molar-refractivity contribution is 5.72. The Labute approximate surface area is 88.0 Å². The summed E-state index contributed by atoms with van der Waals surface area (Å²) >= 11 is 0. The molecule has 0 aromatic carbocycles. The third kappa shape index (κ3) is 1.21. The van der Waals surface area contributed by atoms with Crippen LogP contribution in [0.4, 0.5) is 5.69 Å². The van der Waals surface area contributed by atoms with Gasteiger partial charge in [0, 0.05) is 42.8 Å². The molecule has 4 nitrogen and oxygen atoms in total. The Balaban J connectivity index is 2.18. The summed E-state index contributed by atoms with van der Waals surface area (Å²) in [6.07, 6.45) is 6.64.